The van der Waals surface area contributed by atoms with Crippen molar-refractivity contribution in [2.45, 2.75) is 44.8 Å². The first-order valence-electron chi connectivity index (χ1n) is 8.19. The van der Waals surface area contributed by atoms with Gasteiger partial charge < -0.3 is 20.9 Å². The highest BCUT2D eigenvalue weighted by Crippen LogP contribution is 2.37. The molecule has 0 bridgehead atoms. The van der Waals surface area contributed by atoms with Crippen LogP contribution in [0.1, 0.15) is 31.7 Å². The van der Waals surface area contributed by atoms with E-state index in [0.29, 0.717) is 22.6 Å². The van der Waals surface area contributed by atoms with Crippen molar-refractivity contribution in [3.05, 3.63) is 22.7 Å². The molecule has 1 aromatic carbocycles. The monoisotopic (exact) mass is 391 g/mol. The fourth-order valence-corrected chi connectivity index (χ4v) is 3.48. The normalized spacial score (nSPS) is 19.0. The summed E-state index contributed by atoms with van der Waals surface area (Å²) in [6.45, 7) is 3.58. The van der Waals surface area contributed by atoms with Gasteiger partial charge in [0.2, 0.25) is 0 Å². The van der Waals surface area contributed by atoms with E-state index in [1.807, 2.05) is 12.1 Å². The molecule has 1 amide bonds. The van der Waals surface area contributed by atoms with Crippen LogP contribution in [0.3, 0.4) is 0 Å². The summed E-state index contributed by atoms with van der Waals surface area (Å²) in [7, 11) is 1.54. The number of likely N-dealkylation sites (tertiary alicyclic amines) is 1. The van der Waals surface area contributed by atoms with Crippen LogP contribution in [0.15, 0.2) is 12.1 Å². The summed E-state index contributed by atoms with van der Waals surface area (Å²) in [6.07, 6.45) is 3.50. The number of hydrogen-bond donors (Lipinski definition) is 2. The van der Waals surface area contributed by atoms with Crippen LogP contribution in [0.5, 0.6) is 11.5 Å². The van der Waals surface area contributed by atoms with Crippen LogP contribution in [-0.2, 0) is 11.3 Å². The first-order valence-corrected chi connectivity index (χ1v) is 8.57. The van der Waals surface area contributed by atoms with Gasteiger partial charge in [-0.2, -0.15) is 0 Å². The summed E-state index contributed by atoms with van der Waals surface area (Å²) >= 11 is 6.31. The van der Waals surface area contributed by atoms with Crippen molar-refractivity contribution < 1.29 is 14.3 Å². The van der Waals surface area contributed by atoms with Gasteiger partial charge in [0.25, 0.3) is 5.91 Å². The zero-order chi connectivity index (χ0) is 17.7. The van der Waals surface area contributed by atoms with Crippen molar-refractivity contribution in [1.29, 1.82) is 0 Å². The van der Waals surface area contributed by atoms with Crippen LogP contribution in [0.2, 0.25) is 5.02 Å². The molecule has 4 N–H and O–H groups in total. The molecule has 1 saturated heterocycles. The minimum atomic E-state index is -0.565. The van der Waals surface area contributed by atoms with E-state index in [-0.39, 0.29) is 25.1 Å². The van der Waals surface area contributed by atoms with Crippen molar-refractivity contribution in [2.24, 2.45) is 11.5 Å². The minimum absolute atomic E-state index is 0. The number of ether oxygens (including phenoxy) is 2. The zero-order valence-corrected chi connectivity index (χ0v) is 16.2. The van der Waals surface area contributed by atoms with Crippen LogP contribution in [0.25, 0.3) is 0 Å². The standard InChI is InChI=1S/C17H26ClN3O3.ClH/c1-11(19)14-5-3-4-6-21(14)9-12-7-13(18)17(15(8-12)23-2)24-10-16(20)22;/h7-8,11,14H,3-6,9-10,19H2,1-2H3,(H2,20,22);1H. The summed E-state index contributed by atoms with van der Waals surface area (Å²) < 4.78 is 10.7. The average molecular weight is 392 g/mol. The molecule has 0 spiro atoms. The first kappa shape index (κ1) is 21.8. The molecule has 142 valence electrons. The highest BCUT2D eigenvalue weighted by atomic mass is 35.5. The molecule has 1 aromatic rings. The predicted octanol–water partition coefficient (Wildman–Crippen LogP) is 2.34. The van der Waals surface area contributed by atoms with Gasteiger partial charge in [0.05, 0.1) is 12.1 Å². The second-order valence-electron chi connectivity index (χ2n) is 6.26. The summed E-state index contributed by atoms with van der Waals surface area (Å²) in [6, 6.07) is 4.22. The Balaban J connectivity index is 0.00000312. The molecule has 0 aromatic heterocycles. The Labute approximate surface area is 160 Å². The number of methoxy groups -OCH3 is 1. The molecule has 0 saturated carbocycles. The number of primary amides is 1. The van der Waals surface area contributed by atoms with Crippen molar-refractivity contribution >= 4 is 29.9 Å². The number of carbonyl (C=O) groups excluding carboxylic acids is 1. The van der Waals surface area contributed by atoms with Crippen LogP contribution < -0.4 is 20.9 Å². The smallest absolute Gasteiger partial charge is 0.255 e. The van der Waals surface area contributed by atoms with Crippen molar-refractivity contribution in [2.75, 3.05) is 20.3 Å². The summed E-state index contributed by atoms with van der Waals surface area (Å²) in [5.74, 6) is 0.266. The fraction of sp³-hybridized carbons (Fsp3) is 0.588. The molecule has 2 atom stereocenters. The molecule has 6 nitrogen and oxygen atoms in total. The third-order valence-corrected chi connectivity index (χ3v) is 4.59. The van der Waals surface area contributed by atoms with E-state index >= 15 is 0 Å². The van der Waals surface area contributed by atoms with Gasteiger partial charge in [-0.15, -0.1) is 12.4 Å². The number of nitrogens with zero attached hydrogens (tertiary/aromatic N) is 1. The van der Waals surface area contributed by atoms with Gasteiger partial charge in [0.1, 0.15) is 0 Å². The Morgan fingerprint density at radius 2 is 2.16 bits per heavy atom. The quantitative estimate of drug-likeness (QED) is 0.743. The van der Waals surface area contributed by atoms with E-state index in [0.717, 1.165) is 25.1 Å². The number of benzene rings is 1. The van der Waals surface area contributed by atoms with Crippen LogP contribution in [-0.4, -0.2) is 43.2 Å². The van der Waals surface area contributed by atoms with Crippen LogP contribution in [0, 0.1) is 0 Å². The van der Waals surface area contributed by atoms with Crippen LogP contribution in [0.4, 0.5) is 0 Å². The molecule has 2 rings (SSSR count). The first-order chi connectivity index (χ1) is 11.4. The lowest BCUT2D eigenvalue weighted by atomic mass is 9.96. The van der Waals surface area contributed by atoms with E-state index in [4.69, 9.17) is 32.5 Å². The third kappa shape index (κ3) is 5.92. The molecule has 1 heterocycles. The predicted molar refractivity (Wildman–Crippen MR) is 102 cm³/mol. The van der Waals surface area contributed by atoms with Gasteiger partial charge in [0, 0.05) is 18.6 Å². The SMILES string of the molecule is COc1cc(CN2CCCCC2C(C)N)cc(Cl)c1OCC(N)=O.Cl. The van der Waals surface area contributed by atoms with Crippen molar-refractivity contribution in [1.82, 2.24) is 4.90 Å². The lowest BCUT2D eigenvalue weighted by Crippen LogP contribution is -2.48. The van der Waals surface area contributed by atoms with E-state index in [1.54, 1.807) is 0 Å². The largest absolute Gasteiger partial charge is 0.493 e. The maximum absolute atomic E-state index is 10.9. The van der Waals surface area contributed by atoms with Crippen LogP contribution >= 0.6 is 24.0 Å². The number of piperidine rings is 1. The molecule has 1 aliphatic rings. The highest BCUT2D eigenvalue weighted by molar-refractivity contribution is 6.32. The second kappa shape index (κ2) is 10.1. The van der Waals surface area contributed by atoms with Gasteiger partial charge in [0.15, 0.2) is 18.1 Å². The lowest BCUT2D eigenvalue weighted by molar-refractivity contribution is -0.119. The van der Waals surface area contributed by atoms with Crippen molar-refractivity contribution in [3.63, 3.8) is 0 Å². The molecular weight excluding hydrogens is 365 g/mol. The Hall–Kier alpha value is -1.21. The number of nitrogens with two attached hydrogens (primary N) is 2. The molecule has 8 heteroatoms. The minimum Gasteiger partial charge on any atom is -0.493 e. The molecule has 2 unspecified atom stereocenters. The van der Waals surface area contributed by atoms with E-state index in [9.17, 15) is 4.79 Å². The molecule has 1 fully saturated rings. The zero-order valence-electron chi connectivity index (χ0n) is 14.7. The number of amides is 1. The van der Waals surface area contributed by atoms with E-state index in [1.165, 1.54) is 20.0 Å². The van der Waals surface area contributed by atoms with Gasteiger partial charge >= 0.3 is 0 Å². The maximum atomic E-state index is 10.9. The number of rotatable bonds is 7. The van der Waals surface area contributed by atoms with Gasteiger partial charge in [-0.25, -0.2) is 0 Å². The second-order valence-corrected chi connectivity index (χ2v) is 6.66. The Kier molecular flexibility index (Phi) is 8.79. The lowest BCUT2D eigenvalue weighted by Gasteiger charge is -2.38. The maximum Gasteiger partial charge on any atom is 0.255 e. The molecule has 1 aliphatic heterocycles. The Morgan fingerprint density at radius 3 is 2.76 bits per heavy atom. The van der Waals surface area contributed by atoms with Gasteiger partial charge in [-0.05, 0) is 44.0 Å². The highest BCUT2D eigenvalue weighted by Gasteiger charge is 2.26. The number of hydrogen-bond acceptors (Lipinski definition) is 5. The fourth-order valence-electron chi connectivity index (χ4n) is 3.19. The topological polar surface area (TPSA) is 90.8 Å². The third-order valence-electron chi connectivity index (χ3n) is 4.30. The molecule has 25 heavy (non-hydrogen) atoms. The summed E-state index contributed by atoms with van der Waals surface area (Å²) in [4.78, 5) is 13.3. The van der Waals surface area contributed by atoms with E-state index in [2.05, 4.69) is 11.8 Å². The molecule has 0 radical (unpaired) electrons. The number of carbonyl (C=O) groups is 1. The van der Waals surface area contributed by atoms with Gasteiger partial charge in [-0.3, -0.25) is 9.69 Å². The molecular formula is C17H27Cl2N3O3. The summed E-state index contributed by atoms with van der Waals surface area (Å²) in [5.41, 5.74) is 12.3. The summed E-state index contributed by atoms with van der Waals surface area (Å²) in [5, 5.41) is 0.403. The van der Waals surface area contributed by atoms with E-state index < -0.39 is 5.91 Å². The Morgan fingerprint density at radius 1 is 1.44 bits per heavy atom. The average Bonchev–Trinajstić information content (AvgIpc) is 2.53. The molecule has 0 aliphatic carbocycles. The number of halogens is 2. The Bertz CT molecular complexity index is 585. The van der Waals surface area contributed by atoms with Crippen molar-refractivity contribution in [3.8, 4) is 11.5 Å². The van der Waals surface area contributed by atoms with Gasteiger partial charge in [-0.1, -0.05) is 18.0 Å².